The molecule has 86 valence electrons. The van der Waals surface area contributed by atoms with Gasteiger partial charge in [0.25, 0.3) is 0 Å². The Kier molecular flexibility index (Phi) is 3.75. The van der Waals surface area contributed by atoms with Crippen molar-refractivity contribution in [3.63, 3.8) is 0 Å². The number of hydrogen-bond acceptors (Lipinski definition) is 4. The van der Waals surface area contributed by atoms with Gasteiger partial charge in [-0.3, -0.25) is 0 Å². The van der Waals surface area contributed by atoms with Crippen LogP contribution in [0.25, 0.3) is 0 Å². The molecular formula is C11H7BrN2O2S. The molecule has 6 heteroatoms. The molecule has 17 heavy (non-hydrogen) atoms. The van der Waals surface area contributed by atoms with Crippen LogP contribution < -0.4 is 0 Å². The van der Waals surface area contributed by atoms with Gasteiger partial charge in [0, 0.05) is 17.3 Å². The molecular weight excluding hydrogens is 304 g/mol. The fourth-order valence-electron chi connectivity index (χ4n) is 1.15. The largest absolute Gasteiger partial charge is 0.477 e. The zero-order valence-electron chi connectivity index (χ0n) is 8.50. The first-order valence-corrected chi connectivity index (χ1v) is 6.25. The molecule has 0 fully saturated rings. The Bertz CT molecular complexity index is 563. The molecule has 0 amide bonds. The number of carboxylic acid groups (broad SMARTS) is 1. The SMILES string of the molecule is O=C(O)c1cc(Sc2ncccc2Br)ccn1. The zero-order valence-corrected chi connectivity index (χ0v) is 10.9. The summed E-state index contributed by atoms with van der Waals surface area (Å²) in [6.07, 6.45) is 3.16. The van der Waals surface area contributed by atoms with Crippen LogP contribution in [0.4, 0.5) is 0 Å². The number of carbonyl (C=O) groups is 1. The van der Waals surface area contributed by atoms with Gasteiger partial charge in [0.05, 0.1) is 4.47 Å². The minimum Gasteiger partial charge on any atom is -0.477 e. The summed E-state index contributed by atoms with van der Waals surface area (Å²) in [7, 11) is 0. The first-order chi connectivity index (χ1) is 8.16. The Morgan fingerprint density at radius 2 is 2.12 bits per heavy atom. The molecule has 2 aromatic heterocycles. The molecule has 4 nitrogen and oxygen atoms in total. The number of aromatic nitrogens is 2. The van der Waals surface area contributed by atoms with E-state index in [2.05, 4.69) is 25.9 Å². The number of aromatic carboxylic acids is 1. The first-order valence-electron chi connectivity index (χ1n) is 4.64. The average Bonchev–Trinajstić information content (AvgIpc) is 2.32. The topological polar surface area (TPSA) is 63.1 Å². The molecule has 0 saturated carbocycles. The lowest BCUT2D eigenvalue weighted by Gasteiger charge is -2.03. The van der Waals surface area contributed by atoms with Crippen molar-refractivity contribution >= 4 is 33.7 Å². The summed E-state index contributed by atoms with van der Waals surface area (Å²) in [5, 5.41) is 9.62. The molecule has 1 N–H and O–H groups in total. The van der Waals surface area contributed by atoms with Crippen LogP contribution in [0.1, 0.15) is 10.5 Å². The summed E-state index contributed by atoms with van der Waals surface area (Å²) in [6, 6.07) is 6.98. The molecule has 0 bridgehead atoms. The predicted molar refractivity (Wildman–Crippen MR) is 67.3 cm³/mol. The minimum atomic E-state index is -1.03. The Morgan fingerprint density at radius 3 is 2.82 bits per heavy atom. The van der Waals surface area contributed by atoms with Crippen LogP contribution in [0.3, 0.4) is 0 Å². The van der Waals surface area contributed by atoms with Crippen molar-refractivity contribution in [1.82, 2.24) is 9.97 Å². The fraction of sp³-hybridized carbons (Fsp3) is 0. The number of halogens is 1. The van der Waals surface area contributed by atoms with Crippen molar-refractivity contribution in [3.05, 3.63) is 46.8 Å². The third-order valence-corrected chi connectivity index (χ3v) is 3.80. The minimum absolute atomic E-state index is 0.0297. The Labute approximate surface area is 110 Å². The molecule has 0 aliphatic carbocycles. The lowest BCUT2D eigenvalue weighted by molar-refractivity contribution is 0.0690. The number of nitrogens with zero attached hydrogens (tertiary/aromatic N) is 2. The number of rotatable bonds is 3. The molecule has 2 heterocycles. The van der Waals surface area contributed by atoms with E-state index in [4.69, 9.17) is 5.11 Å². The average molecular weight is 311 g/mol. The summed E-state index contributed by atoms with van der Waals surface area (Å²) < 4.78 is 0.874. The van der Waals surface area contributed by atoms with Crippen LogP contribution in [0.15, 0.2) is 51.1 Å². The molecule has 2 rings (SSSR count). The third-order valence-electron chi connectivity index (χ3n) is 1.89. The smallest absolute Gasteiger partial charge is 0.354 e. The van der Waals surface area contributed by atoms with E-state index in [1.807, 2.05) is 12.1 Å². The van der Waals surface area contributed by atoms with Crippen LogP contribution in [-0.4, -0.2) is 21.0 Å². The highest BCUT2D eigenvalue weighted by molar-refractivity contribution is 9.10. The van der Waals surface area contributed by atoms with Gasteiger partial charge in [0.2, 0.25) is 0 Å². The Balaban J connectivity index is 2.28. The van der Waals surface area contributed by atoms with E-state index in [1.165, 1.54) is 24.0 Å². The second kappa shape index (κ2) is 5.29. The van der Waals surface area contributed by atoms with Crippen LogP contribution in [-0.2, 0) is 0 Å². The lowest BCUT2D eigenvalue weighted by Crippen LogP contribution is -1.99. The highest BCUT2D eigenvalue weighted by Gasteiger charge is 2.07. The van der Waals surface area contributed by atoms with E-state index < -0.39 is 5.97 Å². The van der Waals surface area contributed by atoms with E-state index in [0.717, 1.165) is 14.4 Å². The molecule has 0 spiro atoms. The quantitative estimate of drug-likeness (QED) is 0.944. The lowest BCUT2D eigenvalue weighted by atomic mass is 10.3. The summed E-state index contributed by atoms with van der Waals surface area (Å²) >= 11 is 4.77. The van der Waals surface area contributed by atoms with Crippen molar-refractivity contribution in [2.45, 2.75) is 9.92 Å². The third kappa shape index (κ3) is 3.04. The monoisotopic (exact) mass is 310 g/mol. The number of hydrogen-bond donors (Lipinski definition) is 1. The van der Waals surface area contributed by atoms with Crippen LogP contribution in [0.5, 0.6) is 0 Å². The number of carboxylic acids is 1. The van der Waals surface area contributed by atoms with Gasteiger partial charge in [-0.1, -0.05) is 11.8 Å². The molecule has 0 saturated heterocycles. The van der Waals surface area contributed by atoms with Gasteiger partial charge in [-0.2, -0.15) is 0 Å². The van der Waals surface area contributed by atoms with E-state index in [9.17, 15) is 4.79 Å². The van der Waals surface area contributed by atoms with Gasteiger partial charge in [-0.05, 0) is 40.2 Å². The summed E-state index contributed by atoms with van der Waals surface area (Å²) in [6.45, 7) is 0. The summed E-state index contributed by atoms with van der Waals surface area (Å²) in [5.41, 5.74) is 0.0297. The van der Waals surface area contributed by atoms with Gasteiger partial charge in [0.15, 0.2) is 0 Å². The predicted octanol–water partition coefficient (Wildman–Crippen LogP) is 3.09. The van der Waals surface area contributed by atoms with Gasteiger partial charge in [-0.15, -0.1) is 0 Å². The normalized spacial score (nSPS) is 10.2. The molecule has 0 atom stereocenters. The van der Waals surface area contributed by atoms with Crippen LogP contribution >= 0.6 is 27.7 Å². The highest BCUT2D eigenvalue weighted by atomic mass is 79.9. The summed E-state index contributed by atoms with van der Waals surface area (Å²) in [4.78, 5) is 19.5. The van der Waals surface area contributed by atoms with E-state index in [0.29, 0.717) is 0 Å². The van der Waals surface area contributed by atoms with E-state index in [-0.39, 0.29) is 5.69 Å². The van der Waals surface area contributed by atoms with Crippen molar-refractivity contribution in [1.29, 1.82) is 0 Å². The van der Waals surface area contributed by atoms with E-state index >= 15 is 0 Å². The van der Waals surface area contributed by atoms with Crippen molar-refractivity contribution in [2.24, 2.45) is 0 Å². The zero-order chi connectivity index (χ0) is 12.3. The van der Waals surface area contributed by atoms with Gasteiger partial charge >= 0.3 is 5.97 Å². The number of pyridine rings is 2. The molecule has 0 aliphatic heterocycles. The fourth-order valence-corrected chi connectivity index (χ4v) is 2.45. The second-order valence-electron chi connectivity index (χ2n) is 3.07. The molecule has 0 radical (unpaired) electrons. The Hall–Kier alpha value is -1.40. The summed E-state index contributed by atoms with van der Waals surface area (Å²) in [5.74, 6) is -1.03. The van der Waals surface area contributed by atoms with Crippen molar-refractivity contribution < 1.29 is 9.90 Å². The first kappa shape index (κ1) is 12.1. The van der Waals surface area contributed by atoms with Crippen LogP contribution in [0.2, 0.25) is 0 Å². The standard InChI is InChI=1S/C11H7BrN2O2S/c12-8-2-1-4-14-10(8)17-7-3-5-13-9(6-7)11(15)16/h1-6H,(H,15,16). The second-order valence-corrected chi connectivity index (χ2v) is 4.99. The van der Waals surface area contributed by atoms with Crippen LogP contribution in [0, 0.1) is 0 Å². The van der Waals surface area contributed by atoms with Crippen molar-refractivity contribution in [3.8, 4) is 0 Å². The maximum Gasteiger partial charge on any atom is 0.354 e. The molecule has 0 aliphatic rings. The molecule has 0 aromatic carbocycles. The molecule has 0 unspecified atom stereocenters. The van der Waals surface area contributed by atoms with Gasteiger partial charge in [-0.25, -0.2) is 14.8 Å². The maximum absolute atomic E-state index is 10.8. The van der Waals surface area contributed by atoms with Gasteiger partial charge in [0.1, 0.15) is 10.7 Å². The van der Waals surface area contributed by atoms with E-state index in [1.54, 1.807) is 12.3 Å². The van der Waals surface area contributed by atoms with Crippen molar-refractivity contribution in [2.75, 3.05) is 0 Å². The molecule has 2 aromatic rings. The highest BCUT2D eigenvalue weighted by Crippen LogP contribution is 2.31. The Morgan fingerprint density at radius 1 is 1.29 bits per heavy atom. The maximum atomic E-state index is 10.8. The van der Waals surface area contributed by atoms with Gasteiger partial charge < -0.3 is 5.11 Å².